The van der Waals surface area contributed by atoms with Gasteiger partial charge in [0.05, 0.1) is 5.41 Å². The van der Waals surface area contributed by atoms with Crippen LogP contribution >= 0.6 is 0 Å². The van der Waals surface area contributed by atoms with Gasteiger partial charge in [-0.05, 0) is 74.0 Å². The molecule has 124 valence electrons. The number of carbonyl (C=O) groups is 1. The average molecular weight is 304 g/mol. The van der Waals surface area contributed by atoms with Crippen LogP contribution in [0.4, 0.5) is 0 Å². The first-order chi connectivity index (χ1) is 10.3. The summed E-state index contributed by atoms with van der Waals surface area (Å²) in [6.07, 6.45) is 11.4. The van der Waals surface area contributed by atoms with Crippen LogP contribution in [0.3, 0.4) is 0 Å². The maximum absolute atomic E-state index is 12.0. The van der Waals surface area contributed by atoms with Crippen LogP contribution in [0.5, 0.6) is 0 Å². The molecule has 0 amide bonds. The standard InChI is InChI=1S/C20H32O2/c1-5-18(2)11-6-8-15-14(18)9-10-16-19(15,3)12-7-13-20(16,4)17(21)22/h5,14-16H,1,6-13H2,2-4H3,(H,21,22)/t14-,15?,16+,18+,19+,20-/m1/s1. The Morgan fingerprint density at radius 3 is 2.41 bits per heavy atom. The molecule has 2 heteroatoms. The van der Waals surface area contributed by atoms with Crippen molar-refractivity contribution in [2.45, 2.75) is 72.1 Å². The maximum Gasteiger partial charge on any atom is 0.309 e. The second-order valence-corrected chi connectivity index (χ2v) is 9.03. The van der Waals surface area contributed by atoms with Crippen LogP contribution in [0.1, 0.15) is 72.1 Å². The lowest BCUT2D eigenvalue weighted by Crippen LogP contribution is -2.57. The van der Waals surface area contributed by atoms with Gasteiger partial charge >= 0.3 is 5.97 Å². The minimum atomic E-state index is -0.566. The number of hydrogen-bond donors (Lipinski definition) is 1. The molecule has 0 radical (unpaired) electrons. The van der Waals surface area contributed by atoms with Crippen LogP contribution in [0.25, 0.3) is 0 Å². The van der Waals surface area contributed by atoms with Gasteiger partial charge in [0.15, 0.2) is 0 Å². The lowest BCUT2D eigenvalue weighted by molar-refractivity contribution is -0.176. The number of hydrogen-bond acceptors (Lipinski definition) is 1. The molecule has 1 unspecified atom stereocenters. The van der Waals surface area contributed by atoms with E-state index in [1.165, 1.54) is 32.1 Å². The van der Waals surface area contributed by atoms with Crippen LogP contribution in [-0.4, -0.2) is 11.1 Å². The zero-order valence-corrected chi connectivity index (χ0v) is 14.5. The molecule has 0 aromatic heterocycles. The Kier molecular flexibility index (Phi) is 3.73. The van der Waals surface area contributed by atoms with E-state index < -0.39 is 11.4 Å². The fraction of sp³-hybridized carbons (Fsp3) is 0.850. The minimum Gasteiger partial charge on any atom is -0.481 e. The Morgan fingerprint density at radius 1 is 1.05 bits per heavy atom. The van der Waals surface area contributed by atoms with Gasteiger partial charge in [0.2, 0.25) is 0 Å². The number of aliphatic carboxylic acids is 1. The predicted octanol–water partition coefficient (Wildman–Crippen LogP) is 5.29. The molecule has 0 heterocycles. The molecule has 0 aromatic carbocycles. The van der Waals surface area contributed by atoms with Crippen LogP contribution in [-0.2, 0) is 4.79 Å². The molecule has 22 heavy (non-hydrogen) atoms. The summed E-state index contributed by atoms with van der Waals surface area (Å²) < 4.78 is 0. The number of allylic oxidation sites excluding steroid dienone is 1. The molecular weight excluding hydrogens is 272 g/mol. The molecule has 0 saturated heterocycles. The Balaban J connectivity index is 1.99. The van der Waals surface area contributed by atoms with Crippen molar-refractivity contribution in [3.05, 3.63) is 12.7 Å². The lowest BCUT2D eigenvalue weighted by Gasteiger charge is -2.63. The van der Waals surface area contributed by atoms with Crippen molar-refractivity contribution >= 4 is 5.97 Å². The van der Waals surface area contributed by atoms with Crippen molar-refractivity contribution in [3.63, 3.8) is 0 Å². The van der Waals surface area contributed by atoms with E-state index in [-0.39, 0.29) is 10.8 Å². The fourth-order valence-corrected chi connectivity index (χ4v) is 6.73. The highest BCUT2D eigenvalue weighted by atomic mass is 16.4. The topological polar surface area (TPSA) is 37.3 Å². The van der Waals surface area contributed by atoms with Crippen molar-refractivity contribution in [3.8, 4) is 0 Å². The summed E-state index contributed by atoms with van der Waals surface area (Å²) in [6.45, 7) is 11.0. The SMILES string of the molecule is C=C[C@@]1(C)CCCC2[C@H]1CC[C@@H]1[C@](C)(C(=O)O)CCC[C@@]21C. The number of rotatable bonds is 2. The summed E-state index contributed by atoms with van der Waals surface area (Å²) in [7, 11) is 0. The molecular formula is C20H32O2. The van der Waals surface area contributed by atoms with Gasteiger partial charge < -0.3 is 5.11 Å². The molecule has 3 aliphatic rings. The van der Waals surface area contributed by atoms with Crippen LogP contribution in [0, 0.1) is 34.0 Å². The first-order valence-electron chi connectivity index (χ1n) is 9.15. The van der Waals surface area contributed by atoms with Crippen molar-refractivity contribution in [1.29, 1.82) is 0 Å². The van der Waals surface area contributed by atoms with E-state index in [2.05, 4.69) is 26.5 Å². The van der Waals surface area contributed by atoms with Crippen LogP contribution < -0.4 is 0 Å². The van der Waals surface area contributed by atoms with Crippen molar-refractivity contribution < 1.29 is 9.90 Å². The molecule has 6 atom stereocenters. The number of carboxylic acid groups (broad SMARTS) is 1. The Labute approximate surface area is 135 Å². The Bertz CT molecular complexity index is 484. The highest BCUT2D eigenvalue weighted by Crippen LogP contribution is 2.66. The smallest absolute Gasteiger partial charge is 0.309 e. The quantitative estimate of drug-likeness (QED) is 0.704. The summed E-state index contributed by atoms with van der Waals surface area (Å²) in [6, 6.07) is 0. The van der Waals surface area contributed by atoms with E-state index >= 15 is 0 Å². The van der Waals surface area contributed by atoms with E-state index in [9.17, 15) is 9.90 Å². The lowest BCUT2D eigenvalue weighted by atomic mass is 9.41. The van der Waals surface area contributed by atoms with E-state index in [4.69, 9.17) is 0 Å². The monoisotopic (exact) mass is 304 g/mol. The summed E-state index contributed by atoms with van der Waals surface area (Å²) >= 11 is 0. The number of carboxylic acids is 1. The third kappa shape index (κ3) is 2.02. The molecule has 3 fully saturated rings. The first kappa shape index (κ1) is 16.1. The van der Waals surface area contributed by atoms with Gasteiger partial charge in [-0.1, -0.05) is 32.8 Å². The molecule has 3 saturated carbocycles. The van der Waals surface area contributed by atoms with Gasteiger partial charge in [-0.2, -0.15) is 0 Å². The molecule has 0 spiro atoms. The van der Waals surface area contributed by atoms with E-state index in [1.807, 2.05) is 6.92 Å². The Morgan fingerprint density at radius 2 is 1.77 bits per heavy atom. The molecule has 3 rings (SSSR count). The van der Waals surface area contributed by atoms with E-state index in [1.54, 1.807) is 0 Å². The average Bonchev–Trinajstić information content (AvgIpc) is 2.47. The van der Waals surface area contributed by atoms with Gasteiger partial charge in [0.1, 0.15) is 0 Å². The van der Waals surface area contributed by atoms with E-state index in [0.717, 1.165) is 19.3 Å². The zero-order valence-electron chi connectivity index (χ0n) is 14.5. The van der Waals surface area contributed by atoms with Gasteiger partial charge in [-0.3, -0.25) is 4.79 Å². The van der Waals surface area contributed by atoms with Crippen molar-refractivity contribution in [2.75, 3.05) is 0 Å². The molecule has 0 aromatic rings. The third-order valence-corrected chi connectivity index (χ3v) is 8.11. The molecule has 2 nitrogen and oxygen atoms in total. The predicted molar refractivity (Wildman–Crippen MR) is 89.6 cm³/mol. The summed E-state index contributed by atoms with van der Waals surface area (Å²) in [5.41, 5.74) is -0.0486. The number of fused-ring (bicyclic) bond motifs is 3. The molecule has 0 bridgehead atoms. The van der Waals surface area contributed by atoms with E-state index in [0.29, 0.717) is 17.8 Å². The van der Waals surface area contributed by atoms with Crippen molar-refractivity contribution in [2.24, 2.45) is 34.0 Å². The second-order valence-electron chi connectivity index (χ2n) is 9.03. The van der Waals surface area contributed by atoms with Gasteiger partial charge in [-0.15, -0.1) is 6.58 Å². The third-order valence-electron chi connectivity index (χ3n) is 8.11. The highest BCUT2D eigenvalue weighted by Gasteiger charge is 2.61. The highest BCUT2D eigenvalue weighted by molar-refractivity contribution is 5.75. The minimum absolute atomic E-state index is 0.207. The zero-order chi connectivity index (χ0) is 16.2. The second kappa shape index (κ2) is 5.11. The fourth-order valence-electron chi connectivity index (χ4n) is 6.73. The largest absolute Gasteiger partial charge is 0.481 e. The van der Waals surface area contributed by atoms with Gasteiger partial charge in [0, 0.05) is 0 Å². The van der Waals surface area contributed by atoms with Crippen molar-refractivity contribution in [1.82, 2.24) is 0 Å². The summed E-state index contributed by atoms with van der Waals surface area (Å²) in [4.78, 5) is 12.0. The van der Waals surface area contributed by atoms with Gasteiger partial charge in [0.25, 0.3) is 0 Å². The summed E-state index contributed by atoms with van der Waals surface area (Å²) in [5.74, 6) is 1.17. The maximum atomic E-state index is 12.0. The van der Waals surface area contributed by atoms with Crippen LogP contribution in [0.15, 0.2) is 12.7 Å². The molecule has 0 aliphatic heterocycles. The normalized spacial score (nSPS) is 51.5. The van der Waals surface area contributed by atoms with Gasteiger partial charge in [-0.25, -0.2) is 0 Å². The molecule has 3 aliphatic carbocycles. The van der Waals surface area contributed by atoms with Crippen LogP contribution in [0.2, 0.25) is 0 Å². The molecule has 1 N–H and O–H groups in total. The summed E-state index contributed by atoms with van der Waals surface area (Å²) in [5, 5.41) is 9.88. The Hall–Kier alpha value is -0.790. The first-order valence-corrected chi connectivity index (χ1v) is 9.15.